The average Bonchev–Trinajstić information content (AvgIpc) is 2.29. The van der Waals surface area contributed by atoms with Gasteiger partial charge in [0, 0.05) is 12.8 Å². The van der Waals surface area contributed by atoms with E-state index in [0.717, 1.165) is 12.8 Å². The van der Waals surface area contributed by atoms with Gasteiger partial charge in [-0.25, -0.2) is 4.79 Å². The van der Waals surface area contributed by atoms with Gasteiger partial charge in [-0.3, -0.25) is 0 Å². The van der Waals surface area contributed by atoms with E-state index in [2.05, 4.69) is 6.58 Å². The van der Waals surface area contributed by atoms with Gasteiger partial charge in [0.25, 0.3) is 5.79 Å². The summed E-state index contributed by atoms with van der Waals surface area (Å²) in [6, 6.07) is 0. The molecule has 92 valence electrons. The fraction of sp³-hybridized carbons (Fsp3) is 0.750. The van der Waals surface area contributed by atoms with Gasteiger partial charge >= 0.3 is 5.97 Å². The molecule has 1 aliphatic heterocycles. The van der Waals surface area contributed by atoms with E-state index in [1.54, 1.807) is 13.8 Å². The van der Waals surface area contributed by atoms with E-state index in [0.29, 0.717) is 25.7 Å². The van der Waals surface area contributed by atoms with Crippen molar-refractivity contribution >= 4 is 5.97 Å². The highest BCUT2D eigenvalue weighted by Gasteiger charge is 2.41. The predicted molar refractivity (Wildman–Crippen MR) is 59.9 cm³/mol. The molecule has 0 aromatic rings. The summed E-state index contributed by atoms with van der Waals surface area (Å²) in [6.07, 6.45) is 3.79. The molecule has 1 fully saturated rings. The molecule has 0 radical (unpaired) electrons. The Morgan fingerprint density at radius 2 is 2.19 bits per heavy atom. The molecule has 0 aliphatic carbocycles. The lowest BCUT2D eigenvalue weighted by molar-refractivity contribution is -0.273. The third-order valence-corrected chi connectivity index (χ3v) is 2.61. The van der Waals surface area contributed by atoms with Crippen LogP contribution in [0, 0.1) is 5.92 Å². The summed E-state index contributed by atoms with van der Waals surface area (Å²) < 4.78 is 15.8. The number of allylic oxidation sites excluding steroid dienone is 1. The van der Waals surface area contributed by atoms with Gasteiger partial charge in [-0.2, -0.15) is 0 Å². The predicted octanol–water partition coefficient (Wildman–Crippen LogP) is 1.89. The van der Waals surface area contributed by atoms with Crippen molar-refractivity contribution in [1.29, 1.82) is 0 Å². The van der Waals surface area contributed by atoms with E-state index >= 15 is 0 Å². The molecule has 0 aromatic carbocycles. The minimum absolute atomic E-state index is 0.334. The Bertz CT molecular complexity index is 241. The standard InChI is InChI=1S/C12H20O4/c1-4-6-7-10-8-15-12(3,16-9-10)11(13)14-5-2/h4,10H,1,5-9H2,2-3H3/t10-,12+. The van der Waals surface area contributed by atoms with Crippen LogP contribution in [0.15, 0.2) is 12.7 Å². The summed E-state index contributed by atoms with van der Waals surface area (Å²) in [5.74, 6) is -1.33. The molecule has 4 nitrogen and oxygen atoms in total. The molecule has 0 N–H and O–H groups in total. The molecule has 0 bridgehead atoms. The molecule has 1 heterocycles. The van der Waals surface area contributed by atoms with Crippen molar-refractivity contribution in [3.05, 3.63) is 12.7 Å². The van der Waals surface area contributed by atoms with E-state index in [9.17, 15) is 4.79 Å². The van der Waals surface area contributed by atoms with Crippen molar-refractivity contribution in [3.8, 4) is 0 Å². The van der Waals surface area contributed by atoms with Crippen molar-refractivity contribution in [2.24, 2.45) is 5.92 Å². The summed E-state index contributed by atoms with van der Waals surface area (Å²) in [5.41, 5.74) is 0. The van der Waals surface area contributed by atoms with E-state index in [1.165, 1.54) is 0 Å². The van der Waals surface area contributed by atoms with Gasteiger partial charge in [0.15, 0.2) is 0 Å². The van der Waals surface area contributed by atoms with E-state index in [4.69, 9.17) is 14.2 Å². The zero-order valence-corrected chi connectivity index (χ0v) is 10.0. The normalized spacial score (nSPS) is 29.8. The van der Waals surface area contributed by atoms with Crippen LogP contribution in [0.3, 0.4) is 0 Å². The topological polar surface area (TPSA) is 44.8 Å². The Labute approximate surface area is 96.6 Å². The number of hydrogen-bond acceptors (Lipinski definition) is 4. The molecule has 0 aromatic heterocycles. The van der Waals surface area contributed by atoms with Crippen LogP contribution in [0.4, 0.5) is 0 Å². The largest absolute Gasteiger partial charge is 0.462 e. The molecular weight excluding hydrogens is 208 g/mol. The molecular formula is C12H20O4. The third kappa shape index (κ3) is 3.32. The molecule has 1 rings (SSSR count). The van der Waals surface area contributed by atoms with Crippen LogP contribution in [0.5, 0.6) is 0 Å². The minimum atomic E-state index is -1.22. The summed E-state index contributed by atoms with van der Waals surface area (Å²) in [5, 5.41) is 0. The van der Waals surface area contributed by atoms with Gasteiger partial charge in [0.1, 0.15) is 0 Å². The Morgan fingerprint density at radius 3 is 2.69 bits per heavy atom. The Kier molecular flexibility index (Phi) is 4.96. The van der Waals surface area contributed by atoms with Crippen molar-refractivity contribution in [2.75, 3.05) is 19.8 Å². The second kappa shape index (κ2) is 6.01. The third-order valence-electron chi connectivity index (χ3n) is 2.61. The highest BCUT2D eigenvalue weighted by atomic mass is 16.7. The van der Waals surface area contributed by atoms with E-state index < -0.39 is 11.8 Å². The van der Waals surface area contributed by atoms with Crippen LogP contribution >= 0.6 is 0 Å². The Hall–Kier alpha value is -0.870. The first-order chi connectivity index (χ1) is 7.62. The number of carbonyl (C=O) groups is 1. The minimum Gasteiger partial charge on any atom is -0.462 e. The van der Waals surface area contributed by atoms with Crippen LogP contribution < -0.4 is 0 Å². The van der Waals surface area contributed by atoms with E-state index in [1.807, 2.05) is 6.08 Å². The summed E-state index contributed by atoms with van der Waals surface area (Å²) in [7, 11) is 0. The molecule has 0 amide bonds. The first kappa shape index (κ1) is 13.2. The van der Waals surface area contributed by atoms with Gasteiger partial charge in [0.2, 0.25) is 0 Å². The molecule has 1 aliphatic rings. The van der Waals surface area contributed by atoms with Crippen molar-refractivity contribution in [2.45, 2.75) is 32.5 Å². The lowest BCUT2D eigenvalue weighted by Crippen LogP contribution is -2.48. The molecule has 0 saturated carbocycles. The molecule has 0 spiro atoms. The fourth-order valence-corrected chi connectivity index (χ4v) is 1.54. The molecule has 4 heteroatoms. The first-order valence-corrected chi connectivity index (χ1v) is 5.68. The van der Waals surface area contributed by atoms with Gasteiger partial charge < -0.3 is 14.2 Å². The number of hydrogen-bond donors (Lipinski definition) is 0. The first-order valence-electron chi connectivity index (χ1n) is 5.68. The summed E-state index contributed by atoms with van der Waals surface area (Å²) in [4.78, 5) is 11.6. The second-order valence-corrected chi connectivity index (χ2v) is 4.02. The fourth-order valence-electron chi connectivity index (χ4n) is 1.54. The Balaban J connectivity index is 2.40. The van der Waals surface area contributed by atoms with Gasteiger partial charge in [-0.05, 0) is 19.8 Å². The zero-order chi connectivity index (χ0) is 12.0. The van der Waals surface area contributed by atoms with E-state index in [-0.39, 0.29) is 0 Å². The van der Waals surface area contributed by atoms with Crippen molar-refractivity contribution in [1.82, 2.24) is 0 Å². The Morgan fingerprint density at radius 1 is 1.56 bits per heavy atom. The monoisotopic (exact) mass is 228 g/mol. The second-order valence-electron chi connectivity index (χ2n) is 4.02. The lowest BCUT2D eigenvalue weighted by atomic mass is 10.0. The lowest BCUT2D eigenvalue weighted by Gasteiger charge is -2.35. The quantitative estimate of drug-likeness (QED) is 0.532. The summed E-state index contributed by atoms with van der Waals surface area (Å²) >= 11 is 0. The van der Waals surface area contributed by atoms with Crippen LogP contribution in [0.25, 0.3) is 0 Å². The molecule has 16 heavy (non-hydrogen) atoms. The van der Waals surface area contributed by atoms with Gasteiger partial charge in [0.05, 0.1) is 19.8 Å². The van der Waals surface area contributed by atoms with Crippen LogP contribution in [-0.4, -0.2) is 31.6 Å². The molecule has 0 atom stereocenters. The number of esters is 1. The summed E-state index contributed by atoms with van der Waals surface area (Å²) in [6.45, 7) is 8.43. The number of ether oxygens (including phenoxy) is 3. The molecule has 1 saturated heterocycles. The smallest absolute Gasteiger partial charge is 0.366 e. The highest BCUT2D eigenvalue weighted by Crippen LogP contribution is 2.25. The number of rotatable bonds is 5. The van der Waals surface area contributed by atoms with Gasteiger partial charge in [-0.15, -0.1) is 6.58 Å². The zero-order valence-electron chi connectivity index (χ0n) is 10.0. The average molecular weight is 228 g/mol. The maximum Gasteiger partial charge on any atom is 0.366 e. The molecule has 0 unspecified atom stereocenters. The van der Waals surface area contributed by atoms with Crippen LogP contribution in [0.1, 0.15) is 26.7 Å². The van der Waals surface area contributed by atoms with Crippen molar-refractivity contribution < 1.29 is 19.0 Å². The maximum atomic E-state index is 11.6. The van der Waals surface area contributed by atoms with Crippen molar-refractivity contribution in [3.63, 3.8) is 0 Å². The highest BCUT2D eigenvalue weighted by molar-refractivity contribution is 5.77. The van der Waals surface area contributed by atoms with Gasteiger partial charge in [-0.1, -0.05) is 6.08 Å². The maximum absolute atomic E-state index is 11.6. The van der Waals surface area contributed by atoms with Crippen LogP contribution in [0.2, 0.25) is 0 Å². The number of carbonyl (C=O) groups excluding carboxylic acids is 1. The van der Waals surface area contributed by atoms with Crippen LogP contribution in [-0.2, 0) is 19.0 Å². The SMILES string of the molecule is C=CCC[C@H]1CO[C@@](C)(C(=O)OCC)OC1.